The van der Waals surface area contributed by atoms with Gasteiger partial charge in [0.25, 0.3) is 0 Å². The number of aliphatic carboxylic acids is 1. The molecule has 2 rings (SSSR count). The first kappa shape index (κ1) is 13.3. The summed E-state index contributed by atoms with van der Waals surface area (Å²) in [6.45, 7) is 5.17. The zero-order valence-electron chi connectivity index (χ0n) is 10.8. The maximum absolute atomic E-state index is 12.1. The van der Waals surface area contributed by atoms with Crippen LogP contribution in [0.3, 0.4) is 0 Å². The highest BCUT2D eigenvalue weighted by Crippen LogP contribution is 2.12. The van der Waals surface area contributed by atoms with E-state index in [-0.39, 0.29) is 11.9 Å². The maximum atomic E-state index is 12.1. The van der Waals surface area contributed by atoms with Gasteiger partial charge in [-0.05, 0) is 26.3 Å². The number of carboxylic acids is 1. The summed E-state index contributed by atoms with van der Waals surface area (Å²) in [6.07, 6.45) is 1.98. The van der Waals surface area contributed by atoms with Crippen LogP contribution in [0.1, 0.15) is 19.8 Å². The molecule has 1 amide bonds. The molecule has 2 saturated heterocycles. The van der Waals surface area contributed by atoms with Crippen molar-refractivity contribution in [3.63, 3.8) is 0 Å². The molecule has 6 heteroatoms. The summed E-state index contributed by atoms with van der Waals surface area (Å²) >= 11 is 0. The van der Waals surface area contributed by atoms with E-state index in [4.69, 9.17) is 5.11 Å². The lowest BCUT2D eigenvalue weighted by Crippen LogP contribution is -2.55. The van der Waals surface area contributed by atoms with Crippen molar-refractivity contribution in [3.05, 3.63) is 0 Å². The molecule has 102 valence electrons. The van der Waals surface area contributed by atoms with Crippen molar-refractivity contribution in [1.29, 1.82) is 0 Å². The van der Waals surface area contributed by atoms with Crippen LogP contribution in [0, 0.1) is 0 Å². The average Bonchev–Trinajstić information content (AvgIpc) is 2.91. The lowest BCUT2D eigenvalue weighted by Gasteiger charge is -2.37. The van der Waals surface area contributed by atoms with Crippen LogP contribution in [-0.4, -0.2) is 71.6 Å². The summed E-state index contributed by atoms with van der Waals surface area (Å²) in [5.41, 5.74) is 0. The Balaban J connectivity index is 1.82. The highest BCUT2D eigenvalue weighted by atomic mass is 16.4. The molecule has 2 aliphatic heterocycles. The van der Waals surface area contributed by atoms with Gasteiger partial charge < -0.3 is 15.3 Å². The van der Waals surface area contributed by atoms with E-state index in [0.29, 0.717) is 26.2 Å². The van der Waals surface area contributed by atoms with Crippen molar-refractivity contribution in [2.45, 2.75) is 31.8 Å². The second-order valence-electron chi connectivity index (χ2n) is 5.02. The van der Waals surface area contributed by atoms with Crippen LogP contribution in [0.25, 0.3) is 0 Å². The van der Waals surface area contributed by atoms with Crippen LogP contribution in [0.2, 0.25) is 0 Å². The van der Waals surface area contributed by atoms with Crippen LogP contribution in [0.15, 0.2) is 0 Å². The first-order chi connectivity index (χ1) is 8.59. The molecule has 2 aliphatic rings. The van der Waals surface area contributed by atoms with Gasteiger partial charge in [0.2, 0.25) is 5.91 Å². The van der Waals surface area contributed by atoms with Crippen molar-refractivity contribution < 1.29 is 14.7 Å². The molecule has 0 bridgehead atoms. The third kappa shape index (κ3) is 2.81. The smallest absolute Gasteiger partial charge is 0.320 e. The number of hydrogen-bond acceptors (Lipinski definition) is 4. The molecular weight excluding hydrogens is 234 g/mol. The van der Waals surface area contributed by atoms with Crippen molar-refractivity contribution in [2.75, 3.05) is 32.7 Å². The molecule has 0 aromatic heterocycles. The van der Waals surface area contributed by atoms with E-state index in [0.717, 1.165) is 19.4 Å². The minimum absolute atomic E-state index is 0.0200. The van der Waals surface area contributed by atoms with Crippen molar-refractivity contribution in [2.24, 2.45) is 0 Å². The summed E-state index contributed by atoms with van der Waals surface area (Å²) in [5.74, 6) is -0.623. The number of carbonyl (C=O) groups excluding carboxylic acids is 1. The van der Waals surface area contributed by atoms with E-state index in [2.05, 4.69) is 5.32 Å². The first-order valence-corrected chi connectivity index (χ1v) is 6.58. The molecule has 18 heavy (non-hydrogen) atoms. The normalized spacial score (nSPS) is 27.2. The quantitative estimate of drug-likeness (QED) is 0.701. The molecule has 0 spiro atoms. The Bertz CT molecular complexity index is 321. The standard InChI is InChI=1S/C12H21N3O3/c1-9(12(17)18)14-5-7-15(8-6-14)11(16)10-3-2-4-13-10/h9-10,13H,2-8H2,1H3,(H,17,18)/t9?,10-/m1/s1. The third-order valence-corrected chi connectivity index (χ3v) is 3.89. The highest BCUT2D eigenvalue weighted by Gasteiger charge is 2.31. The lowest BCUT2D eigenvalue weighted by molar-refractivity contribution is -0.144. The SMILES string of the molecule is CC(C(=O)O)N1CCN(C(=O)[C@H]2CCCN2)CC1. The summed E-state index contributed by atoms with van der Waals surface area (Å²) in [5, 5.41) is 12.2. The number of rotatable bonds is 3. The van der Waals surface area contributed by atoms with Gasteiger partial charge >= 0.3 is 5.97 Å². The van der Waals surface area contributed by atoms with Gasteiger partial charge in [0.1, 0.15) is 6.04 Å². The maximum Gasteiger partial charge on any atom is 0.320 e. The largest absolute Gasteiger partial charge is 0.480 e. The van der Waals surface area contributed by atoms with Crippen LogP contribution in [0.5, 0.6) is 0 Å². The predicted molar refractivity (Wildman–Crippen MR) is 66.3 cm³/mol. The molecule has 0 radical (unpaired) electrons. The number of hydrogen-bond donors (Lipinski definition) is 2. The van der Waals surface area contributed by atoms with Gasteiger partial charge in [0, 0.05) is 26.2 Å². The first-order valence-electron chi connectivity index (χ1n) is 6.58. The number of piperazine rings is 1. The number of carbonyl (C=O) groups is 2. The van der Waals surface area contributed by atoms with E-state index in [9.17, 15) is 9.59 Å². The predicted octanol–water partition coefficient (Wildman–Crippen LogP) is -0.644. The Morgan fingerprint density at radius 3 is 2.44 bits per heavy atom. The van der Waals surface area contributed by atoms with Gasteiger partial charge in [-0.25, -0.2) is 0 Å². The van der Waals surface area contributed by atoms with Crippen molar-refractivity contribution in [3.8, 4) is 0 Å². The van der Waals surface area contributed by atoms with Crippen LogP contribution in [-0.2, 0) is 9.59 Å². The van der Waals surface area contributed by atoms with Gasteiger partial charge in [-0.1, -0.05) is 0 Å². The van der Waals surface area contributed by atoms with Gasteiger partial charge in [0.15, 0.2) is 0 Å². The zero-order chi connectivity index (χ0) is 13.1. The molecule has 0 aromatic rings. The lowest BCUT2D eigenvalue weighted by atomic mass is 10.1. The van der Waals surface area contributed by atoms with Crippen LogP contribution < -0.4 is 5.32 Å². The fourth-order valence-electron chi connectivity index (χ4n) is 2.60. The van der Waals surface area contributed by atoms with Gasteiger partial charge in [-0.15, -0.1) is 0 Å². The minimum Gasteiger partial charge on any atom is -0.480 e. The van der Waals surface area contributed by atoms with E-state index < -0.39 is 12.0 Å². The summed E-state index contributed by atoms with van der Waals surface area (Å²) in [4.78, 5) is 26.8. The van der Waals surface area contributed by atoms with Gasteiger partial charge in [-0.2, -0.15) is 0 Å². The van der Waals surface area contributed by atoms with Crippen LogP contribution >= 0.6 is 0 Å². The molecule has 1 unspecified atom stereocenters. The van der Waals surface area contributed by atoms with Gasteiger partial charge in [-0.3, -0.25) is 14.5 Å². The summed E-state index contributed by atoms with van der Waals surface area (Å²) < 4.78 is 0. The van der Waals surface area contributed by atoms with E-state index in [1.807, 2.05) is 9.80 Å². The number of nitrogens with zero attached hydrogens (tertiary/aromatic N) is 2. The van der Waals surface area contributed by atoms with Gasteiger partial charge in [0.05, 0.1) is 6.04 Å². The zero-order valence-corrected chi connectivity index (χ0v) is 10.8. The third-order valence-electron chi connectivity index (χ3n) is 3.89. The topological polar surface area (TPSA) is 72.9 Å². The van der Waals surface area contributed by atoms with Crippen molar-refractivity contribution >= 4 is 11.9 Å². The summed E-state index contributed by atoms with van der Waals surface area (Å²) in [7, 11) is 0. The Labute approximate surface area is 107 Å². The number of nitrogens with one attached hydrogen (secondary N) is 1. The Morgan fingerprint density at radius 1 is 1.28 bits per heavy atom. The Hall–Kier alpha value is -1.14. The minimum atomic E-state index is -0.799. The molecule has 0 aliphatic carbocycles. The Morgan fingerprint density at radius 2 is 1.94 bits per heavy atom. The fraction of sp³-hybridized carbons (Fsp3) is 0.833. The second-order valence-corrected chi connectivity index (χ2v) is 5.02. The van der Waals surface area contributed by atoms with E-state index >= 15 is 0 Å². The highest BCUT2D eigenvalue weighted by molar-refractivity contribution is 5.82. The van der Waals surface area contributed by atoms with E-state index in [1.54, 1.807) is 6.92 Å². The fourth-order valence-corrected chi connectivity index (χ4v) is 2.60. The second kappa shape index (κ2) is 5.67. The van der Waals surface area contributed by atoms with Crippen molar-refractivity contribution in [1.82, 2.24) is 15.1 Å². The van der Waals surface area contributed by atoms with E-state index in [1.165, 1.54) is 0 Å². The number of carboxylic acid groups (broad SMARTS) is 1. The molecule has 2 N–H and O–H groups in total. The average molecular weight is 255 g/mol. The molecule has 2 heterocycles. The Kier molecular flexibility index (Phi) is 4.19. The molecule has 2 atom stereocenters. The molecule has 0 aromatic carbocycles. The monoisotopic (exact) mass is 255 g/mol. The molecular formula is C12H21N3O3. The molecule has 6 nitrogen and oxygen atoms in total. The molecule has 0 saturated carbocycles. The summed E-state index contributed by atoms with van der Waals surface area (Å²) in [6, 6.07) is -0.486. The molecule has 2 fully saturated rings. The number of amides is 1. The van der Waals surface area contributed by atoms with Crippen LogP contribution in [0.4, 0.5) is 0 Å².